The van der Waals surface area contributed by atoms with Crippen molar-refractivity contribution in [3.05, 3.63) is 61.8 Å². The predicted octanol–water partition coefficient (Wildman–Crippen LogP) is -2.81. The van der Waals surface area contributed by atoms with E-state index >= 15 is 0 Å². The minimum absolute atomic E-state index is 0. The molecule has 0 spiro atoms. The molecule has 3 aliphatic rings. The van der Waals surface area contributed by atoms with Gasteiger partial charge < -0.3 is 24.8 Å². The predicted molar refractivity (Wildman–Crippen MR) is 91.0 cm³/mol. The summed E-state index contributed by atoms with van der Waals surface area (Å²) in [6.07, 6.45) is 12.4. The van der Waals surface area contributed by atoms with E-state index in [0.717, 1.165) is 6.42 Å². The average molecular weight is 509 g/mol. The Kier molecular flexibility index (Phi) is 6.67. The molecular formula is C16H11BrCl2S2Zr. The van der Waals surface area contributed by atoms with Crippen molar-refractivity contribution in [3.8, 4) is 0 Å². The van der Waals surface area contributed by atoms with Crippen LogP contribution in [0.25, 0.3) is 11.0 Å². The van der Waals surface area contributed by atoms with E-state index in [1.807, 2.05) is 11.8 Å². The SMILES string of the molecule is [Cl-].[Cl-].[S]=[Zr+2]([C]1=CC=CC1)[c]1cccc2c1=CC1=CC(Br)SC=21. The summed E-state index contributed by atoms with van der Waals surface area (Å²) in [5, 5.41) is 2.81. The van der Waals surface area contributed by atoms with Crippen LogP contribution in [-0.2, 0) is 19.7 Å². The Hall–Kier alpha value is 0.693. The summed E-state index contributed by atoms with van der Waals surface area (Å²) >= 11 is 3.51. The molecule has 0 aromatic heterocycles. The molecule has 1 atom stereocenters. The fourth-order valence-electron chi connectivity index (χ4n) is 2.82. The summed E-state index contributed by atoms with van der Waals surface area (Å²) in [6, 6.07) is 6.71. The molecule has 0 fully saturated rings. The van der Waals surface area contributed by atoms with Crippen molar-refractivity contribution in [1.29, 1.82) is 0 Å². The van der Waals surface area contributed by atoms with Crippen LogP contribution < -0.4 is 38.5 Å². The van der Waals surface area contributed by atoms with Gasteiger partial charge in [-0.25, -0.2) is 0 Å². The third-order valence-corrected chi connectivity index (χ3v) is 13.1. The van der Waals surface area contributed by atoms with Gasteiger partial charge in [-0.1, -0.05) is 0 Å². The standard InChI is InChI=1S/C11H6BrS.C5H5.2ClH.S.Zr/c12-10-6-8-5-7-3-1-2-4-9(7)11(8)13-10;1-2-4-5-3-1;;;;/h1-2,4-6,10H;1-3H,4H2;2*1H;;/q;;;;;+2/p-2. The van der Waals surface area contributed by atoms with Gasteiger partial charge in [-0.3, -0.25) is 0 Å². The fraction of sp³-hybridized carbons (Fsp3) is 0.125. The Bertz CT molecular complexity index is 855. The van der Waals surface area contributed by atoms with E-state index in [1.54, 1.807) is 0 Å². The topological polar surface area (TPSA) is 0 Å². The number of thioether (sulfide) groups is 1. The average Bonchev–Trinajstić information content (AvgIpc) is 3.12. The number of allylic oxidation sites excluding steroid dienone is 4. The second-order valence-corrected chi connectivity index (χ2v) is 14.7. The van der Waals surface area contributed by atoms with Crippen LogP contribution in [-0.4, -0.2) is 4.16 Å². The Morgan fingerprint density at radius 3 is 2.82 bits per heavy atom. The Morgan fingerprint density at radius 2 is 2.09 bits per heavy atom. The van der Waals surface area contributed by atoms with Crippen LogP contribution in [0, 0.1) is 0 Å². The number of fused-ring (bicyclic) bond motifs is 2. The van der Waals surface area contributed by atoms with Crippen LogP contribution in [0.2, 0.25) is 0 Å². The first-order valence-electron chi connectivity index (χ1n) is 6.52. The van der Waals surface area contributed by atoms with Gasteiger partial charge in [-0.05, 0) is 0 Å². The first-order valence-corrected chi connectivity index (χ1v) is 14.2. The van der Waals surface area contributed by atoms with Crippen molar-refractivity contribution in [1.82, 2.24) is 0 Å². The van der Waals surface area contributed by atoms with E-state index in [4.69, 9.17) is 8.86 Å². The van der Waals surface area contributed by atoms with Crippen LogP contribution in [0.1, 0.15) is 6.42 Å². The molecule has 0 bridgehead atoms. The van der Waals surface area contributed by atoms with Gasteiger partial charge in [0.1, 0.15) is 0 Å². The van der Waals surface area contributed by atoms with Crippen LogP contribution in [0.5, 0.6) is 0 Å². The normalized spacial score (nSPS) is 19.8. The van der Waals surface area contributed by atoms with Crippen molar-refractivity contribution in [2.45, 2.75) is 10.6 Å². The van der Waals surface area contributed by atoms with E-state index in [9.17, 15) is 0 Å². The zero-order chi connectivity index (χ0) is 13.7. The molecule has 0 radical (unpaired) electrons. The van der Waals surface area contributed by atoms with Crippen LogP contribution >= 0.6 is 36.5 Å². The molecule has 0 amide bonds. The number of benzene rings is 1. The minimum atomic E-state index is -2.05. The van der Waals surface area contributed by atoms with Crippen molar-refractivity contribution < 1.29 is 44.5 Å². The molecule has 1 heterocycles. The maximum absolute atomic E-state index is 5.98. The molecule has 4 rings (SSSR count). The third-order valence-electron chi connectivity index (χ3n) is 3.76. The maximum atomic E-state index is 5.98. The molecule has 0 nitrogen and oxygen atoms in total. The monoisotopic (exact) mass is 506 g/mol. The Labute approximate surface area is 166 Å². The molecule has 2 aliphatic carbocycles. The number of halogens is 3. The Balaban J connectivity index is 0.000000882. The summed E-state index contributed by atoms with van der Waals surface area (Å²) in [7, 11) is 5.98. The summed E-state index contributed by atoms with van der Waals surface area (Å²) in [4.78, 5) is 1.42. The molecule has 1 aliphatic heterocycles. The van der Waals surface area contributed by atoms with Crippen LogP contribution in [0.3, 0.4) is 0 Å². The van der Waals surface area contributed by atoms with Crippen molar-refractivity contribution in [3.63, 3.8) is 0 Å². The molecule has 0 saturated carbocycles. The van der Waals surface area contributed by atoms with Gasteiger partial charge in [-0.2, -0.15) is 0 Å². The quantitative estimate of drug-likeness (QED) is 0.395. The summed E-state index contributed by atoms with van der Waals surface area (Å²) in [5.41, 5.74) is 1.38. The summed E-state index contributed by atoms with van der Waals surface area (Å²) < 4.78 is 3.43. The van der Waals surface area contributed by atoms with Gasteiger partial charge in [0.25, 0.3) is 0 Å². The molecule has 1 unspecified atom stereocenters. The number of alkyl halides is 1. The second-order valence-electron chi connectivity index (χ2n) is 4.98. The fourth-order valence-corrected chi connectivity index (χ4v) is 10.5. The molecule has 1 aromatic rings. The van der Waals surface area contributed by atoms with Crippen molar-refractivity contribution in [2.24, 2.45) is 0 Å². The molecule has 6 heteroatoms. The van der Waals surface area contributed by atoms with Gasteiger partial charge in [0, 0.05) is 0 Å². The van der Waals surface area contributed by atoms with Crippen molar-refractivity contribution in [2.75, 3.05) is 0 Å². The molecular weight excluding hydrogens is 498 g/mol. The van der Waals surface area contributed by atoms with E-state index < -0.39 is 19.7 Å². The zero-order valence-electron chi connectivity index (χ0n) is 11.4. The summed E-state index contributed by atoms with van der Waals surface area (Å²) in [6.45, 7) is 0. The molecule has 0 saturated heterocycles. The van der Waals surface area contributed by atoms with Gasteiger partial charge in [0.05, 0.1) is 0 Å². The second kappa shape index (κ2) is 7.72. The number of hydrogen-bond donors (Lipinski definition) is 0. The van der Waals surface area contributed by atoms with Gasteiger partial charge >= 0.3 is 143 Å². The molecule has 112 valence electrons. The van der Waals surface area contributed by atoms with E-state index in [-0.39, 0.29) is 24.8 Å². The van der Waals surface area contributed by atoms with E-state index in [1.165, 1.54) is 27.5 Å². The zero-order valence-corrected chi connectivity index (χ0v) is 18.5. The van der Waals surface area contributed by atoms with Crippen LogP contribution in [0.15, 0.2) is 51.4 Å². The molecule has 0 N–H and O–H groups in total. The Morgan fingerprint density at radius 1 is 1.27 bits per heavy atom. The van der Waals surface area contributed by atoms with Crippen molar-refractivity contribution >= 4 is 50.8 Å². The summed E-state index contributed by atoms with van der Waals surface area (Å²) in [5.74, 6) is 0. The van der Waals surface area contributed by atoms with E-state index in [2.05, 4.69) is 64.5 Å². The number of rotatable bonds is 2. The van der Waals surface area contributed by atoms with Crippen LogP contribution in [0.4, 0.5) is 0 Å². The van der Waals surface area contributed by atoms with Gasteiger partial charge in [0.2, 0.25) is 0 Å². The first kappa shape index (κ1) is 19.0. The number of hydrogen-bond acceptors (Lipinski definition) is 2. The molecule has 22 heavy (non-hydrogen) atoms. The van der Waals surface area contributed by atoms with Gasteiger partial charge in [-0.15, -0.1) is 0 Å². The third kappa shape index (κ3) is 3.25. The first-order chi connectivity index (χ1) is 9.74. The van der Waals surface area contributed by atoms with Gasteiger partial charge in [0.15, 0.2) is 0 Å². The molecule has 1 aromatic carbocycles. The van der Waals surface area contributed by atoms with E-state index in [0.29, 0.717) is 4.16 Å².